The molecule has 0 aliphatic carbocycles. The van der Waals surface area contributed by atoms with Crippen LogP contribution in [0.3, 0.4) is 0 Å². The Labute approximate surface area is 90.9 Å². The van der Waals surface area contributed by atoms with E-state index in [4.69, 9.17) is 22.7 Å². The molecule has 1 rings (SSSR count). The van der Waals surface area contributed by atoms with E-state index in [1.54, 1.807) is 0 Å². The van der Waals surface area contributed by atoms with Crippen LogP contribution in [0.2, 0.25) is 5.02 Å². The lowest BCUT2D eigenvalue weighted by Crippen LogP contribution is -2.11. The molecule has 0 bridgehead atoms. The Kier molecular flexibility index (Phi) is 4.33. The molecule has 3 N–H and O–H groups in total. The second-order valence-corrected chi connectivity index (χ2v) is 2.74. The van der Waals surface area contributed by atoms with Crippen LogP contribution in [0.4, 0.5) is 5.69 Å². The van der Waals surface area contributed by atoms with Crippen molar-refractivity contribution in [2.45, 2.75) is 0 Å². The van der Waals surface area contributed by atoms with E-state index in [1.807, 2.05) is 0 Å². The molecule has 0 heterocycles. The SMILES string of the molecule is Cl.N=C(N)c1cc([N+](=O)[O-])ccc1Cl. The van der Waals surface area contributed by atoms with Crippen molar-refractivity contribution >= 4 is 35.5 Å². The number of nitrogens with two attached hydrogens (primary N) is 1. The van der Waals surface area contributed by atoms with E-state index in [2.05, 4.69) is 0 Å². The van der Waals surface area contributed by atoms with E-state index in [1.165, 1.54) is 18.2 Å². The fourth-order valence-electron chi connectivity index (χ4n) is 0.833. The highest BCUT2D eigenvalue weighted by Gasteiger charge is 2.10. The summed E-state index contributed by atoms with van der Waals surface area (Å²) in [7, 11) is 0. The molecule has 14 heavy (non-hydrogen) atoms. The average molecular weight is 236 g/mol. The minimum Gasteiger partial charge on any atom is -0.384 e. The van der Waals surface area contributed by atoms with Gasteiger partial charge in [0.25, 0.3) is 5.69 Å². The Morgan fingerprint density at radius 3 is 2.57 bits per heavy atom. The van der Waals surface area contributed by atoms with Gasteiger partial charge < -0.3 is 5.73 Å². The molecule has 1 aromatic carbocycles. The van der Waals surface area contributed by atoms with E-state index in [0.29, 0.717) is 0 Å². The molecule has 0 radical (unpaired) electrons. The topological polar surface area (TPSA) is 93.0 Å². The normalized spacial score (nSPS) is 8.93. The number of nitro benzene ring substituents is 1. The van der Waals surface area contributed by atoms with Crippen LogP contribution in [-0.2, 0) is 0 Å². The fraction of sp³-hybridized carbons (Fsp3) is 0. The number of nitro groups is 1. The van der Waals surface area contributed by atoms with Crippen LogP contribution in [0.25, 0.3) is 0 Å². The third kappa shape index (κ3) is 2.58. The largest absolute Gasteiger partial charge is 0.384 e. The molecule has 0 fully saturated rings. The standard InChI is InChI=1S/C7H6ClN3O2.ClH/c8-6-2-1-4(11(12)13)3-5(6)7(9)10;/h1-3H,(H3,9,10);1H. The molecular weight excluding hydrogens is 229 g/mol. The average Bonchev–Trinajstić information content (AvgIpc) is 2.04. The lowest BCUT2D eigenvalue weighted by atomic mass is 10.2. The zero-order valence-electron chi connectivity index (χ0n) is 6.86. The predicted octanol–water partition coefficient (Wildman–Crippen LogP) is 1.95. The quantitative estimate of drug-likeness (QED) is 0.355. The molecule has 0 amide bonds. The number of nitrogens with one attached hydrogen (secondary N) is 1. The number of nitrogens with zero attached hydrogens (tertiary/aromatic N) is 1. The molecule has 76 valence electrons. The number of hydrogen-bond donors (Lipinski definition) is 2. The van der Waals surface area contributed by atoms with E-state index in [0.717, 1.165) is 0 Å². The molecule has 0 unspecified atom stereocenters. The summed E-state index contributed by atoms with van der Waals surface area (Å²) in [5, 5.41) is 17.7. The van der Waals surface area contributed by atoms with Crippen molar-refractivity contribution in [1.29, 1.82) is 5.41 Å². The van der Waals surface area contributed by atoms with Gasteiger partial charge in [-0.1, -0.05) is 11.6 Å². The van der Waals surface area contributed by atoms with Crippen LogP contribution in [0.1, 0.15) is 5.56 Å². The van der Waals surface area contributed by atoms with Crippen LogP contribution in [0.5, 0.6) is 0 Å². The molecule has 1 aromatic rings. The van der Waals surface area contributed by atoms with Gasteiger partial charge in [0.2, 0.25) is 0 Å². The van der Waals surface area contributed by atoms with Gasteiger partial charge in [0.15, 0.2) is 0 Å². The van der Waals surface area contributed by atoms with Gasteiger partial charge >= 0.3 is 0 Å². The second kappa shape index (κ2) is 4.78. The molecule has 5 nitrogen and oxygen atoms in total. The smallest absolute Gasteiger partial charge is 0.270 e. The van der Waals surface area contributed by atoms with Crippen LogP contribution in [0, 0.1) is 15.5 Å². The molecule has 0 atom stereocenters. The van der Waals surface area contributed by atoms with Crippen LogP contribution in [0.15, 0.2) is 18.2 Å². The summed E-state index contributed by atoms with van der Waals surface area (Å²) in [6.45, 7) is 0. The molecular formula is C7H7Cl2N3O2. The Bertz CT molecular complexity index is 381. The highest BCUT2D eigenvalue weighted by atomic mass is 35.5. The Morgan fingerprint density at radius 1 is 1.57 bits per heavy atom. The van der Waals surface area contributed by atoms with Crippen LogP contribution in [-0.4, -0.2) is 10.8 Å². The first kappa shape index (κ1) is 12.7. The van der Waals surface area contributed by atoms with Gasteiger partial charge in [-0.2, -0.15) is 0 Å². The predicted molar refractivity (Wildman–Crippen MR) is 56.4 cm³/mol. The number of rotatable bonds is 2. The van der Waals surface area contributed by atoms with E-state index >= 15 is 0 Å². The highest BCUT2D eigenvalue weighted by Crippen LogP contribution is 2.21. The number of halogens is 2. The molecule has 7 heteroatoms. The zero-order chi connectivity index (χ0) is 10.0. The summed E-state index contributed by atoms with van der Waals surface area (Å²) in [4.78, 5) is 9.77. The van der Waals surface area contributed by atoms with Crippen LogP contribution < -0.4 is 5.73 Å². The van der Waals surface area contributed by atoms with Gasteiger partial charge in [-0.3, -0.25) is 15.5 Å². The molecule has 0 saturated heterocycles. The maximum Gasteiger partial charge on any atom is 0.270 e. The second-order valence-electron chi connectivity index (χ2n) is 2.33. The number of benzene rings is 1. The third-order valence-corrected chi connectivity index (χ3v) is 1.78. The lowest BCUT2D eigenvalue weighted by molar-refractivity contribution is -0.384. The van der Waals surface area contributed by atoms with Crippen molar-refractivity contribution in [2.24, 2.45) is 5.73 Å². The minimum atomic E-state index is -0.567. The highest BCUT2D eigenvalue weighted by molar-refractivity contribution is 6.34. The maximum absolute atomic E-state index is 10.3. The van der Waals surface area contributed by atoms with Crippen LogP contribution >= 0.6 is 24.0 Å². The van der Waals surface area contributed by atoms with Crippen molar-refractivity contribution in [3.05, 3.63) is 38.9 Å². The summed E-state index contributed by atoms with van der Waals surface area (Å²) < 4.78 is 0. The summed E-state index contributed by atoms with van der Waals surface area (Å²) in [6.07, 6.45) is 0. The zero-order valence-corrected chi connectivity index (χ0v) is 8.43. The Morgan fingerprint density at radius 2 is 2.14 bits per heavy atom. The summed E-state index contributed by atoms with van der Waals surface area (Å²) in [6, 6.07) is 3.77. The number of non-ortho nitro benzene ring substituents is 1. The van der Waals surface area contributed by atoms with Gasteiger partial charge in [0, 0.05) is 17.7 Å². The fourth-order valence-corrected chi connectivity index (χ4v) is 1.05. The molecule has 0 spiro atoms. The first-order chi connectivity index (χ1) is 6.02. The number of amidine groups is 1. The molecule has 0 aliphatic heterocycles. The first-order valence-electron chi connectivity index (χ1n) is 3.30. The van der Waals surface area contributed by atoms with E-state index in [-0.39, 0.29) is 34.5 Å². The number of hydrogen-bond acceptors (Lipinski definition) is 3. The first-order valence-corrected chi connectivity index (χ1v) is 3.68. The number of nitrogen functional groups attached to an aromatic ring is 1. The van der Waals surface area contributed by atoms with Crippen molar-refractivity contribution in [3.8, 4) is 0 Å². The van der Waals surface area contributed by atoms with E-state index < -0.39 is 4.92 Å². The minimum absolute atomic E-state index is 0. The van der Waals surface area contributed by atoms with Crippen molar-refractivity contribution in [3.63, 3.8) is 0 Å². The van der Waals surface area contributed by atoms with Crippen molar-refractivity contribution in [1.82, 2.24) is 0 Å². The third-order valence-electron chi connectivity index (χ3n) is 1.45. The monoisotopic (exact) mass is 235 g/mol. The Balaban J connectivity index is 0.00000169. The summed E-state index contributed by atoms with van der Waals surface area (Å²) in [5.41, 5.74) is 5.21. The van der Waals surface area contributed by atoms with Crippen molar-refractivity contribution < 1.29 is 4.92 Å². The maximum atomic E-state index is 10.3. The molecule has 0 aliphatic rings. The summed E-state index contributed by atoms with van der Waals surface area (Å²) >= 11 is 5.65. The lowest BCUT2D eigenvalue weighted by Gasteiger charge is -2.00. The summed E-state index contributed by atoms with van der Waals surface area (Å²) in [5.74, 6) is -0.284. The molecule has 0 saturated carbocycles. The van der Waals surface area contributed by atoms with E-state index in [9.17, 15) is 10.1 Å². The van der Waals surface area contributed by atoms with Crippen molar-refractivity contribution in [2.75, 3.05) is 0 Å². The van der Waals surface area contributed by atoms with Gasteiger partial charge in [-0.25, -0.2) is 0 Å². The van der Waals surface area contributed by atoms with Gasteiger partial charge in [-0.05, 0) is 6.07 Å². The van der Waals surface area contributed by atoms with Gasteiger partial charge in [0.05, 0.1) is 9.95 Å². The Hall–Kier alpha value is -1.33. The van der Waals surface area contributed by atoms with Gasteiger partial charge in [0.1, 0.15) is 5.84 Å². The van der Waals surface area contributed by atoms with Gasteiger partial charge in [-0.15, -0.1) is 12.4 Å². The molecule has 0 aromatic heterocycles.